The number of nitrogens with one attached hydrogen (secondary N) is 2. The van der Waals surface area contributed by atoms with Crippen molar-refractivity contribution in [3.63, 3.8) is 0 Å². The fraction of sp³-hybridized carbons (Fsp3) is 0.500. The molecule has 1 unspecified atom stereocenters. The number of carboxylic acid groups (broad SMARTS) is 1. The molecule has 6 nitrogen and oxygen atoms in total. The molecule has 3 N–H and O–H groups in total. The molecule has 0 bridgehead atoms. The molecule has 0 aliphatic heterocycles. The molecule has 1 saturated carbocycles. The first-order valence-electron chi connectivity index (χ1n) is 8.50. The topological polar surface area (TPSA) is 95.5 Å². The van der Waals surface area contributed by atoms with Gasteiger partial charge in [0.05, 0.1) is 16.5 Å². The average Bonchev–Trinajstić information content (AvgIpc) is 3.07. The van der Waals surface area contributed by atoms with E-state index in [-0.39, 0.29) is 11.9 Å². The molecule has 2 rings (SSSR count). The van der Waals surface area contributed by atoms with E-state index < -0.39 is 23.8 Å². The van der Waals surface area contributed by atoms with E-state index in [1.54, 1.807) is 36.0 Å². The first-order valence-corrected chi connectivity index (χ1v) is 10.3. The molecule has 0 saturated heterocycles. The Labute approximate surface area is 162 Å². The van der Waals surface area contributed by atoms with Gasteiger partial charge in [-0.25, -0.2) is 0 Å². The van der Waals surface area contributed by atoms with Crippen LogP contribution in [0.1, 0.15) is 36.0 Å². The van der Waals surface area contributed by atoms with Crippen LogP contribution in [0.4, 0.5) is 0 Å². The van der Waals surface area contributed by atoms with E-state index in [1.165, 1.54) is 0 Å². The van der Waals surface area contributed by atoms with Crippen LogP contribution in [0, 0.1) is 5.92 Å². The van der Waals surface area contributed by atoms with Crippen LogP contribution in [0.25, 0.3) is 0 Å². The van der Waals surface area contributed by atoms with Crippen molar-refractivity contribution in [3.05, 3.63) is 34.9 Å². The highest BCUT2D eigenvalue weighted by Crippen LogP contribution is 2.25. The van der Waals surface area contributed by atoms with Gasteiger partial charge in [0.15, 0.2) is 0 Å². The van der Waals surface area contributed by atoms with E-state index >= 15 is 0 Å². The van der Waals surface area contributed by atoms with Crippen LogP contribution in [0.15, 0.2) is 24.3 Å². The molecule has 1 aliphatic carbocycles. The van der Waals surface area contributed by atoms with Crippen molar-refractivity contribution in [1.29, 1.82) is 0 Å². The summed E-state index contributed by atoms with van der Waals surface area (Å²) in [5.41, 5.74) is 0.322. The number of benzene rings is 1. The zero-order chi connectivity index (χ0) is 19.1. The largest absolute Gasteiger partial charge is 0.481 e. The second-order valence-electron chi connectivity index (χ2n) is 6.34. The van der Waals surface area contributed by atoms with Crippen molar-refractivity contribution in [2.75, 3.05) is 12.0 Å². The lowest BCUT2D eigenvalue weighted by molar-refractivity contribution is -0.141. The van der Waals surface area contributed by atoms with Crippen molar-refractivity contribution in [2.24, 2.45) is 5.92 Å². The SMILES string of the molecule is CSCCC(NC(=O)c1ccccc1Cl)C(=O)N[C@@H]1CC[C@H](C(=O)O)C1. The number of thioether (sulfide) groups is 1. The first kappa shape index (κ1) is 20.6. The Balaban J connectivity index is 1.99. The number of aliphatic carboxylic acids is 1. The second kappa shape index (κ2) is 9.83. The van der Waals surface area contributed by atoms with Crippen molar-refractivity contribution in [3.8, 4) is 0 Å². The summed E-state index contributed by atoms with van der Waals surface area (Å²) < 4.78 is 0. The third kappa shape index (κ3) is 5.64. The Kier molecular flexibility index (Phi) is 7.78. The van der Waals surface area contributed by atoms with E-state index in [2.05, 4.69) is 10.6 Å². The van der Waals surface area contributed by atoms with Gasteiger partial charge in [0, 0.05) is 6.04 Å². The predicted octanol–water partition coefficient (Wildman–Crippen LogP) is 2.56. The highest BCUT2D eigenvalue weighted by molar-refractivity contribution is 7.98. The molecule has 0 spiro atoms. The van der Waals surface area contributed by atoms with Crippen LogP contribution >= 0.6 is 23.4 Å². The van der Waals surface area contributed by atoms with Crippen LogP contribution in [0.2, 0.25) is 5.02 Å². The number of hydrogen-bond acceptors (Lipinski definition) is 4. The van der Waals surface area contributed by atoms with Gasteiger partial charge >= 0.3 is 5.97 Å². The van der Waals surface area contributed by atoms with Gasteiger partial charge < -0.3 is 15.7 Å². The molecule has 1 aromatic rings. The van der Waals surface area contributed by atoms with E-state index in [0.29, 0.717) is 42.0 Å². The zero-order valence-electron chi connectivity index (χ0n) is 14.5. The monoisotopic (exact) mass is 398 g/mol. The van der Waals surface area contributed by atoms with Gasteiger partial charge in [0.25, 0.3) is 5.91 Å². The Hall–Kier alpha value is -1.73. The van der Waals surface area contributed by atoms with Crippen LogP contribution in [0.5, 0.6) is 0 Å². The van der Waals surface area contributed by atoms with Crippen LogP contribution in [0.3, 0.4) is 0 Å². The quantitative estimate of drug-likeness (QED) is 0.625. The summed E-state index contributed by atoms with van der Waals surface area (Å²) in [7, 11) is 0. The van der Waals surface area contributed by atoms with E-state index in [9.17, 15) is 14.4 Å². The Morgan fingerprint density at radius 1 is 1.31 bits per heavy atom. The summed E-state index contributed by atoms with van der Waals surface area (Å²) in [4.78, 5) is 36.1. The number of hydrogen-bond donors (Lipinski definition) is 3. The maximum absolute atomic E-state index is 12.6. The summed E-state index contributed by atoms with van der Waals surface area (Å²) in [6.07, 6.45) is 4.03. The highest BCUT2D eigenvalue weighted by Gasteiger charge is 2.32. The minimum atomic E-state index is -0.826. The molecule has 0 heterocycles. The van der Waals surface area contributed by atoms with Crippen molar-refractivity contribution < 1.29 is 19.5 Å². The Morgan fingerprint density at radius 3 is 2.65 bits per heavy atom. The van der Waals surface area contributed by atoms with Gasteiger partial charge in [-0.05, 0) is 49.8 Å². The van der Waals surface area contributed by atoms with Crippen LogP contribution < -0.4 is 10.6 Å². The lowest BCUT2D eigenvalue weighted by Crippen LogP contribution is -2.49. The van der Waals surface area contributed by atoms with Crippen molar-refractivity contribution >= 4 is 41.1 Å². The van der Waals surface area contributed by atoms with E-state index in [0.717, 1.165) is 0 Å². The summed E-state index contributed by atoms with van der Waals surface area (Å²) in [6.45, 7) is 0. The zero-order valence-corrected chi connectivity index (χ0v) is 16.1. The summed E-state index contributed by atoms with van der Waals surface area (Å²) in [5.74, 6) is -1.21. The molecule has 1 fully saturated rings. The average molecular weight is 399 g/mol. The smallest absolute Gasteiger partial charge is 0.306 e. The summed E-state index contributed by atoms with van der Waals surface area (Å²) >= 11 is 7.63. The molecule has 0 aromatic heterocycles. The second-order valence-corrected chi connectivity index (χ2v) is 7.73. The van der Waals surface area contributed by atoms with Crippen molar-refractivity contribution in [1.82, 2.24) is 10.6 Å². The number of carbonyl (C=O) groups is 3. The normalized spacial score (nSPS) is 20.4. The minimum absolute atomic E-state index is 0.169. The number of halogens is 1. The minimum Gasteiger partial charge on any atom is -0.481 e. The van der Waals surface area contributed by atoms with Gasteiger partial charge in [-0.15, -0.1) is 0 Å². The number of carboxylic acids is 1. The molecule has 3 atom stereocenters. The van der Waals surface area contributed by atoms with Gasteiger partial charge in [-0.2, -0.15) is 11.8 Å². The molecule has 1 aromatic carbocycles. The first-order chi connectivity index (χ1) is 12.4. The molecule has 26 heavy (non-hydrogen) atoms. The standard InChI is InChI=1S/C18H23ClN2O4S/c1-26-9-8-15(21-16(22)13-4-2-3-5-14(13)19)17(23)20-12-7-6-11(10-12)18(24)25/h2-5,11-12,15H,6-10H2,1H3,(H,20,23)(H,21,22)(H,24,25)/t11-,12+,15?/m0/s1. The van der Waals surface area contributed by atoms with Gasteiger partial charge in [-0.1, -0.05) is 23.7 Å². The summed E-state index contributed by atoms with van der Waals surface area (Å²) in [6, 6.07) is 5.82. The third-order valence-electron chi connectivity index (χ3n) is 4.48. The number of carbonyl (C=O) groups excluding carboxylic acids is 2. The Morgan fingerprint density at radius 2 is 2.04 bits per heavy atom. The predicted molar refractivity (Wildman–Crippen MR) is 103 cm³/mol. The van der Waals surface area contributed by atoms with Crippen LogP contribution in [-0.4, -0.2) is 47.0 Å². The van der Waals surface area contributed by atoms with Crippen molar-refractivity contribution in [2.45, 2.75) is 37.8 Å². The van der Waals surface area contributed by atoms with Gasteiger partial charge in [0.1, 0.15) is 6.04 Å². The van der Waals surface area contributed by atoms with Crippen LogP contribution in [-0.2, 0) is 9.59 Å². The Bertz CT molecular complexity index is 670. The third-order valence-corrected chi connectivity index (χ3v) is 5.45. The molecule has 8 heteroatoms. The van der Waals surface area contributed by atoms with E-state index in [1.807, 2.05) is 6.26 Å². The fourth-order valence-corrected chi connectivity index (χ4v) is 3.72. The molecular formula is C18H23ClN2O4S. The molecule has 0 radical (unpaired) electrons. The molecular weight excluding hydrogens is 376 g/mol. The van der Waals surface area contributed by atoms with E-state index in [4.69, 9.17) is 16.7 Å². The van der Waals surface area contributed by atoms with Gasteiger partial charge in [0.2, 0.25) is 5.91 Å². The molecule has 1 aliphatic rings. The van der Waals surface area contributed by atoms with Gasteiger partial charge in [-0.3, -0.25) is 14.4 Å². The highest BCUT2D eigenvalue weighted by atomic mass is 35.5. The summed E-state index contributed by atoms with van der Waals surface area (Å²) in [5, 5.41) is 15.0. The number of rotatable bonds is 8. The fourth-order valence-electron chi connectivity index (χ4n) is 3.02. The lowest BCUT2D eigenvalue weighted by Gasteiger charge is -2.21. The maximum atomic E-state index is 12.6. The molecule has 2 amide bonds. The maximum Gasteiger partial charge on any atom is 0.306 e. The lowest BCUT2D eigenvalue weighted by atomic mass is 10.1. The number of amides is 2. The molecule has 142 valence electrons.